The van der Waals surface area contributed by atoms with Crippen molar-refractivity contribution in [3.8, 4) is 5.75 Å². The van der Waals surface area contributed by atoms with Gasteiger partial charge in [0, 0.05) is 13.0 Å². The molecule has 0 fully saturated rings. The summed E-state index contributed by atoms with van der Waals surface area (Å²) in [6.45, 7) is 0.642. The van der Waals surface area contributed by atoms with Crippen LogP contribution in [0.5, 0.6) is 5.75 Å². The maximum absolute atomic E-state index is 8.38. The van der Waals surface area contributed by atoms with E-state index in [1.54, 1.807) is 0 Å². The normalized spacial score (nSPS) is 9.70. The minimum atomic E-state index is 0.144. The quantitative estimate of drug-likeness (QED) is 0.621. The molecule has 0 bridgehead atoms. The molecule has 4 heteroatoms. The van der Waals surface area contributed by atoms with Crippen LogP contribution in [-0.2, 0) is 0 Å². The van der Waals surface area contributed by atoms with Crippen LogP contribution < -0.4 is 4.74 Å². The van der Waals surface area contributed by atoms with E-state index in [9.17, 15) is 0 Å². The zero-order chi connectivity index (χ0) is 7.23. The van der Waals surface area contributed by atoms with Gasteiger partial charge in [-0.1, -0.05) is 5.16 Å². The molecule has 0 radical (unpaired) electrons. The molecule has 0 aliphatic heterocycles. The zero-order valence-corrected chi connectivity index (χ0v) is 5.49. The molecular weight excluding hydrogens is 134 g/mol. The van der Waals surface area contributed by atoms with Crippen molar-refractivity contribution in [3.05, 3.63) is 12.5 Å². The highest BCUT2D eigenvalue weighted by molar-refractivity contribution is 5.07. The van der Waals surface area contributed by atoms with Crippen LogP contribution in [0.25, 0.3) is 0 Å². The molecule has 1 aromatic heterocycles. The summed E-state index contributed by atoms with van der Waals surface area (Å²) in [7, 11) is 0. The summed E-state index contributed by atoms with van der Waals surface area (Å²) >= 11 is 0. The van der Waals surface area contributed by atoms with E-state index >= 15 is 0 Å². The van der Waals surface area contributed by atoms with Gasteiger partial charge in [0.15, 0.2) is 12.0 Å². The minimum Gasteiger partial charge on any atom is -0.488 e. The lowest BCUT2D eigenvalue weighted by Crippen LogP contribution is -1.98. The van der Waals surface area contributed by atoms with Gasteiger partial charge in [-0.25, -0.2) is 0 Å². The van der Waals surface area contributed by atoms with Gasteiger partial charge in [0.05, 0.1) is 6.61 Å². The maximum atomic E-state index is 8.38. The molecule has 1 heterocycles. The summed E-state index contributed by atoms with van der Waals surface area (Å²) in [4.78, 5) is 0. The Balaban J connectivity index is 2.15. The number of hydrogen-bond donors (Lipinski definition) is 1. The van der Waals surface area contributed by atoms with E-state index in [0.717, 1.165) is 0 Å². The number of hydrogen-bond acceptors (Lipinski definition) is 4. The van der Waals surface area contributed by atoms with Crippen LogP contribution in [0.4, 0.5) is 0 Å². The van der Waals surface area contributed by atoms with Crippen molar-refractivity contribution in [2.24, 2.45) is 0 Å². The molecule has 0 aliphatic rings. The van der Waals surface area contributed by atoms with Crippen LogP contribution in [0.3, 0.4) is 0 Å². The van der Waals surface area contributed by atoms with Gasteiger partial charge in [-0.05, 0) is 0 Å². The van der Waals surface area contributed by atoms with Crippen molar-refractivity contribution in [1.29, 1.82) is 0 Å². The largest absolute Gasteiger partial charge is 0.488 e. The highest BCUT2D eigenvalue weighted by Crippen LogP contribution is 2.06. The smallest absolute Gasteiger partial charge is 0.178 e. The second kappa shape index (κ2) is 3.90. The molecule has 56 valence electrons. The summed E-state index contributed by atoms with van der Waals surface area (Å²) in [6.07, 6.45) is 3.53. The van der Waals surface area contributed by atoms with Crippen LogP contribution in [0, 0.1) is 0 Å². The number of ether oxygens (including phenoxy) is 1. The Hall–Kier alpha value is -1.03. The van der Waals surface area contributed by atoms with Gasteiger partial charge in [-0.2, -0.15) is 0 Å². The van der Waals surface area contributed by atoms with Gasteiger partial charge >= 0.3 is 0 Å². The van der Waals surface area contributed by atoms with Crippen LogP contribution in [-0.4, -0.2) is 23.5 Å². The molecule has 0 spiro atoms. The third-order valence-corrected chi connectivity index (χ3v) is 0.981. The summed E-state index contributed by atoms with van der Waals surface area (Å²) in [6, 6.07) is 0. The van der Waals surface area contributed by atoms with Gasteiger partial charge in [0.1, 0.15) is 6.20 Å². The molecule has 1 N–H and O–H groups in total. The van der Waals surface area contributed by atoms with Crippen molar-refractivity contribution in [1.82, 2.24) is 5.16 Å². The Kier molecular flexibility index (Phi) is 2.76. The Morgan fingerprint density at radius 3 is 3.20 bits per heavy atom. The zero-order valence-electron chi connectivity index (χ0n) is 5.49. The lowest BCUT2D eigenvalue weighted by atomic mass is 10.5. The number of aliphatic hydroxyl groups is 1. The molecule has 10 heavy (non-hydrogen) atoms. The third kappa shape index (κ3) is 2.06. The summed E-state index contributed by atoms with van der Waals surface area (Å²) in [5.41, 5.74) is 0. The first kappa shape index (κ1) is 7.08. The molecule has 0 aromatic carbocycles. The first-order chi connectivity index (χ1) is 4.93. The lowest BCUT2D eigenvalue weighted by molar-refractivity contribution is 0.232. The van der Waals surface area contributed by atoms with E-state index in [2.05, 4.69) is 9.68 Å². The van der Waals surface area contributed by atoms with Crippen LogP contribution in [0.1, 0.15) is 6.42 Å². The van der Waals surface area contributed by atoms with E-state index in [1.807, 2.05) is 0 Å². The van der Waals surface area contributed by atoms with Crippen molar-refractivity contribution in [2.75, 3.05) is 13.2 Å². The van der Waals surface area contributed by atoms with Gasteiger partial charge in [0.25, 0.3) is 0 Å². The predicted octanol–water partition coefficient (Wildman–Crippen LogP) is 0.436. The second-order valence-corrected chi connectivity index (χ2v) is 1.79. The first-order valence-electron chi connectivity index (χ1n) is 3.06. The van der Waals surface area contributed by atoms with Crippen LogP contribution in [0.2, 0.25) is 0 Å². The van der Waals surface area contributed by atoms with Gasteiger partial charge in [-0.3, -0.25) is 0 Å². The van der Waals surface area contributed by atoms with E-state index in [0.29, 0.717) is 18.8 Å². The Labute approximate surface area is 58.4 Å². The molecule has 1 rings (SSSR count). The summed E-state index contributed by atoms with van der Waals surface area (Å²) in [5.74, 6) is 0.605. The summed E-state index contributed by atoms with van der Waals surface area (Å²) in [5, 5.41) is 11.8. The second-order valence-electron chi connectivity index (χ2n) is 1.79. The van der Waals surface area contributed by atoms with Crippen molar-refractivity contribution >= 4 is 0 Å². The first-order valence-corrected chi connectivity index (χ1v) is 3.06. The standard InChI is InChI=1S/C6H9NO3/c8-2-1-3-9-6-4-7-10-5-6/h4-5,8H,1-3H2. The van der Waals surface area contributed by atoms with Gasteiger partial charge in [0.2, 0.25) is 0 Å². The molecule has 0 amide bonds. The molecule has 0 saturated heterocycles. The maximum Gasteiger partial charge on any atom is 0.178 e. The molecule has 0 atom stereocenters. The monoisotopic (exact) mass is 143 g/mol. The lowest BCUT2D eigenvalue weighted by Gasteiger charge is -1.97. The minimum absolute atomic E-state index is 0.144. The fourth-order valence-corrected chi connectivity index (χ4v) is 0.521. The molecule has 0 unspecified atom stereocenters. The van der Waals surface area contributed by atoms with E-state index in [4.69, 9.17) is 9.84 Å². The predicted molar refractivity (Wildman–Crippen MR) is 33.7 cm³/mol. The van der Waals surface area contributed by atoms with Crippen molar-refractivity contribution in [2.45, 2.75) is 6.42 Å². The van der Waals surface area contributed by atoms with Crippen molar-refractivity contribution < 1.29 is 14.4 Å². The van der Waals surface area contributed by atoms with Crippen LogP contribution >= 0.6 is 0 Å². The topological polar surface area (TPSA) is 55.5 Å². The molecule has 0 aliphatic carbocycles. The summed E-state index contributed by atoms with van der Waals surface area (Å²) < 4.78 is 9.58. The van der Waals surface area contributed by atoms with Crippen LogP contribution in [0.15, 0.2) is 17.0 Å². The highest BCUT2D eigenvalue weighted by Gasteiger charge is 1.93. The fourth-order valence-electron chi connectivity index (χ4n) is 0.521. The number of rotatable bonds is 4. The van der Waals surface area contributed by atoms with E-state index < -0.39 is 0 Å². The number of aromatic nitrogens is 1. The fraction of sp³-hybridized carbons (Fsp3) is 0.500. The molecule has 1 aromatic rings. The number of aliphatic hydroxyl groups excluding tert-OH is 1. The number of nitrogens with zero attached hydrogens (tertiary/aromatic N) is 1. The van der Waals surface area contributed by atoms with E-state index in [-0.39, 0.29) is 6.61 Å². The average Bonchev–Trinajstić information content (AvgIpc) is 2.41. The SMILES string of the molecule is OCCCOc1cnoc1. The van der Waals surface area contributed by atoms with E-state index in [1.165, 1.54) is 12.5 Å². The molecule has 0 saturated carbocycles. The molecule has 4 nitrogen and oxygen atoms in total. The Bertz CT molecular complexity index is 162. The Morgan fingerprint density at radius 1 is 1.70 bits per heavy atom. The average molecular weight is 143 g/mol. The molecular formula is C6H9NO3. The Morgan fingerprint density at radius 2 is 2.60 bits per heavy atom. The van der Waals surface area contributed by atoms with Gasteiger partial charge in [-0.15, -0.1) is 0 Å². The third-order valence-electron chi connectivity index (χ3n) is 0.981. The highest BCUT2D eigenvalue weighted by atomic mass is 16.5. The van der Waals surface area contributed by atoms with Crippen molar-refractivity contribution in [3.63, 3.8) is 0 Å². The van der Waals surface area contributed by atoms with Gasteiger partial charge < -0.3 is 14.4 Å².